The van der Waals surface area contributed by atoms with Crippen LogP contribution < -0.4 is 5.32 Å². The lowest BCUT2D eigenvalue weighted by Gasteiger charge is -2.16. The molecule has 0 bridgehead atoms. The summed E-state index contributed by atoms with van der Waals surface area (Å²) in [4.78, 5) is 18.2. The van der Waals surface area contributed by atoms with E-state index >= 15 is 0 Å². The molecule has 0 aliphatic rings. The van der Waals surface area contributed by atoms with Gasteiger partial charge in [-0.1, -0.05) is 13.8 Å². The van der Waals surface area contributed by atoms with Crippen LogP contribution in [0.2, 0.25) is 0 Å². The molecular weight excluding hydrogens is 422 g/mol. The quantitative estimate of drug-likeness (QED) is 0.569. The summed E-state index contributed by atoms with van der Waals surface area (Å²) < 4.78 is 28.8. The molecule has 0 aromatic carbocycles. The van der Waals surface area contributed by atoms with Crippen molar-refractivity contribution in [1.29, 1.82) is 0 Å². The van der Waals surface area contributed by atoms with Gasteiger partial charge >= 0.3 is 0 Å². The summed E-state index contributed by atoms with van der Waals surface area (Å²) in [5.41, 5.74) is 1.93. The molecule has 8 nitrogen and oxygen atoms in total. The van der Waals surface area contributed by atoms with Crippen LogP contribution in [0.1, 0.15) is 54.7 Å². The molecule has 3 rings (SSSR count). The van der Waals surface area contributed by atoms with Gasteiger partial charge in [-0.15, -0.1) is 11.3 Å². The van der Waals surface area contributed by atoms with E-state index in [2.05, 4.69) is 15.4 Å². The van der Waals surface area contributed by atoms with E-state index in [0.717, 1.165) is 10.6 Å². The van der Waals surface area contributed by atoms with Crippen LogP contribution in [-0.4, -0.2) is 46.5 Å². The van der Waals surface area contributed by atoms with Gasteiger partial charge in [-0.05, 0) is 39.0 Å². The van der Waals surface area contributed by atoms with Crippen molar-refractivity contribution in [2.24, 2.45) is 0 Å². The summed E-state index contributed by atoms with van der Waals surface area (Å²) in [6, 6.07) is 5.21. The molecule has 30 heavy (non-hydrogen) atoms. The highest BCUT2D eigenvalue weighted by atomic mass is 32.2. The molecule has 3 aromatic rings. The van der Waals surface area contributed by atoms with Gasteiger partial charge in [0.25, 0.3) is 15.9 Å². The summed E-state index contributed by atoms with van der Waals surface area (Å²) in [6.45, 7) is 10.6. The van der Waals surface area contributed by atoms with Crippen molar-refractivity contribution >= 4 is 38.3 Å². The Kier molecular flexibility index (Phi) is 6.59. The molecule has 0 unspecified atom stereocenters. The molecule has 0 radical (unpaired) electrons. The second kappa shape index (κ2) is 8.83. The van der Waals surface area contributed by atoms with Crippen molar-refractivity contribution in [2.45, 2.75) is 51.4 Å². The molecule has 0 atom stereocenters. The van der Waals surface area contributed by atoms with E-state index in [9.17, 15) is 13.2 Å². The number of hydrogen-bond acceptors (Lipinski definition) is 6. The largest absolute Gasteiger partial charge is 0.347 e. The van der Waals surface area contributed by atoms with Gasteiger partial charge in [-0.25, -0.2) is 18.1 Å². The van der Waals surface area contributed by atoms with Crippen molar-refractivity contribution in [3.8, 4) is 0 Å². The maximum atomic E-state index is 12.9. The van der Waals surface area contributed by atoms with E-state index in [1.165, 1.54) is 15.6 Å². The number of aryl methyl sites for hydroxylation is 1. The highest BCUT2D eigenvalue weighted by Crippen LogP contribution is 2.25. The predicted molar refractivity (Wildman–Crippen MR) is 118 cm³/mol. The molecule has 0 spiro atoms. The van der Waals surface area contributed by atoms with Crippen LogP contribution in [0.4, 0.5) is 0 Å². The smallest absolute Gasteiger partial charge is 0.252 e. The average molecular weight is 450 g/mol. The number of hydrogen-bond donors (Lipinski definition) is 1. The van der Waals surface area contributed by atoms with Gasteiger partial charge < -0.3 is 5.32 Å². The van der Waals surface area contributed by atoms with E-state index in [1.807, 2.05) is 34.6 Å². The zero-order chi connectivity index (χ0) is 22.1. The van der Waals surface area contributed by atoms with E-state index in [-0.39, 0.29) is 22.7 Å². The van der Waals surface area contributed by atoms with Crippen molar-refractivity contribution < 1.29 is 13.2 Å². The zero-order valence-corrected chi connectivity index (χ0v) is 19.5. The SMILES string of the molecule is CCN(CC)S(=O)(=O)c1ccc(CNC(=O)c2cc(C)nc3c2cnn3C(C)C)s1. The fourth-order valence-corrected chi connectivity index (χ4v) is 6.16. The predicted octanol–water partition coefficient (Wildman–Crippen LogP) is 3.34. The summed E-state index contributed by atoms with van der Waals surface area (Å²) in [5.74, 6) is -0.240. The molecule has 3 aromatic heterocycles. The number of carbonyl (C=O) groups excluding carboxylic acids is 1. The molecule has 0 aliphatic heterocycles. The normalized spacial score (nSPS) is 12.2. The molecule has 162 valence electrons. The number of rotatable bonds is 8. The number of thiophene rings is 1. The average Bonchev–Trinajstić information content (AvgIpc) is 3.33. The number of amides is 1. The van der Waals surface area contributed by atoms with Gasteiger partial charge in [-0.3, -0.25) is 4.79 Å². The van der Waals surface area contributed by atoms with Crippen LogP contribution in [-0.2, 0) is 16.6 Å². The second-order valence-electron chi connectivity index (χ2n) is 7.22. The molecule has 0 fully saturated rings. The van der Waals surface area contributed by atoms with Gasteiger partial charge in [0.15, 0.2) is 5.65 Å². The Hall–Kier alpha value is -2.30. The molecule has 1 N–H and O–H groups in total. The molecule has 0 aliphatic carbocycles. The fraction of sp³-hybridized carbons (Fsp3) is 0.450. The van der Waals surface area contributed by atoms with Gasteiger partial charge in [0.2, 0.25) is 0 Å². The summed E-state index contributed by atoms with van der Waals surface area (Å²) in [6.07, 6.45) is 1.66. The highest BCUT2D eigenvalue weighted by molar-refractivity contribution is 7.91. The van der Waals surface area contributed by atoms with E-state index in [4.69, 9.17) is 0 Å². The van der Waals surface area contributed by atoms with Crippen LogP contribution in [0.25, 0.3) is 11.0 Å². The minimum atomic E-state index is -3.49. The number of nitrogens with one attached hydrogen (secondary N) is 1. The minimum Gasteiger partial charge on any atom is -0.347 e. The van der Waals surface area contributed by atoms with Gasteiger partial charge in [0.05, 0.1) is 23.7 Å². The first-order chi connectivity index (χ1) is 14.2. The molecule has 0 saturated heterocycles. The molecule has 1 amide bonds. The number of nitrogens with zero attached hydrogens (tertiary/aromatic N) is 4. The first kappa shape index (κ1) is 22.4. The van der Waals surface area contributed by atoms with Crippen molar-refractivity contribution in [3.63, 3.8) is 0 Å². The van der Waals surface area contributed by atoms with Gasteiger partial charge in [0, 0.05) is 29.7 Å². The van der Waals surface area contributed by atoms with Crippen LogP contribution >= 0.6 is 11.3 Å². The lowest BCUT2D eigenvalue weighted by atomic mass is 10.1. The lowest BCUT2D eigenvalue weighted by molar-refractivity contribution is 0.0952. The number of carbonyl (C=O) groups is 1. The van der Waals surface area contributed by atoms with Crippen molar-refractivity contribution in [1.82, 2.24) is 24.4 Å². The molecule has 0 saturated carbocycles. The Labute approximate surface area is 181 Å². The van der Waals surface area contributed by atoms with Crippen LogP contribution in [0.3, 0.4) is 0 Å². The third-order valence-corrected chi connectivity index (χ3v) is 8.39. The Morgan fingerprint density at radius 2 is 1.97 bits per heavy atom. The number of fused-ring (bicyclic) bond motifs is 1. The Morgan fingerprint density at radius 1 is 1.27 bits per heavy atom. The zero-order valence-electron chi connectivity index (χ0n) is 17.8. The van der Waals surface area contributed by atoms with Crippen LogP contribution in [0, 0.1) is 6.92 Å². The van der Waals surface area contributed by atoms with Crippen LogP contribution in [0.5, 0.6) is 0 Å². The van der Waals surface area contributed by atoms with Crippen molar-refractivity contribution in [3.05, 3.63) is 40.5 Å². The Morgan fingerprint density at radius 3 is 2.60 bits per heavy atom. The van der Waals surface area contributed by atoms with Crippen molar-refractivity contribution in [2.75, 3.05) is 13.1 Å². The van der Waals surface area contributed by atoms with Gasteiger partial charge in [-0.2, -0.15) is 9.40 Å². The maximum Gasteiger partial charge on any atom is 0.252 e. The first-order valence-electron chi connectivity index (χ1n) is 9.90. The van der Waals surface area contributed by atoms with E-state index in [0.29, 0.717) is 29.7 Å². The van der Waals surface area contributed by atoms with E-state index < -0.39 is 10.0 Å². The molecule has 10 heteroatoms. The second-order valence-corrected chi connectivity index (χ2v) is 10.6. The maximum absolute atomic E-state index is 12.9. The monoisotopic (exact) mass is 449 g/mol. The third kappa shape index (κ3) is 4.26. The third-order valence-electron chi connectivity index (χ3n) is 4.79. The number of sulfonamides is 1. The number of pyridine rings is 1. The number of aromatic nitrogens is 3. The van der Waals surface area contributed by atoms with Gasteiger partial charge in [0.1, 0.15) is 4.21 Å². The Balaban J connectivity index is 1.80. The minimum absolute atomic E-state index is 0.130. The summed E-state index contributed by atoms with van der Waals surface area (Å²) >= 11 is 1.18. The lowest BCUT2D eigenvalue weighted by Crippen LogP contribution is -2.30. The topological polar surface area (TPSA) is 97.2 Å². The summed E-state index contributed by atoms with van der Waals surface area (Å²) in [7, 11) is -3.49. The summed E-state index contributed by atoms with van der Waals surface area (Å²) in [5, 5.41) is 7.96. The Bertz CT molecular complexity index is 1160. The molecule has 3 heterocycles. The standard InChI is InChI=1S/C20H27N5O3S2/c1-6-24(7-2)30(27,28)18-9-8-15(29-18)11-21-20(26)16-10-14(5)23-19-17(16)12-22-25(19)13(3)4/h8-10,12-13H,6-7,11H2,1-5H3,(H,21,26). The molecular formula is C20H27N5O3S2. The van der Waals surface area contributed by atoms with Crippen LogP contribution in [0.15, 0.2) is 28.6 Å². The van der Waals surface area contributed by atoms with E-state index in [1.54, 1.807) is 29.1 Å². The highest BCUT2D eigenvalue weighted by Gasteiger charge is 2.23. The first-order valence-corrected chi connectivity index (χ1v) is 12.2. The fourth-order valence-electron chi connectivity index (χ4n) is 3.25.